The number of nitrogens with zero attached hydrogens (tertiary/aromatic N) is 2. The van der Waals surface area contributed by atoms with Crippen molar-refractivity contribution in [3.05, 3.63) is 16.1 Å². The van der Waals surface area contributed by atoms with E-state index < -0.39 is 5.97 Å². The minimum Gasteiger partial charge on any atom is -0.481 e. The molecule has 0 saturated carbocycles. The molecule has 2 heterocycles. The van der Waals surface area contributed by atoms with Crippen molar-refractivity contribution in [2.45, 2.75) is 45.1 Å². The van der Waals surface area contributed by atoms with Crippen LogP contribution in [0.1, 0.15) is 47.5 Å². The van der Waals surface area contributed by atoms with Gasteiger partial charge in [0.15, 0.2) is 0 Å². The van der Waals surface area contributed by atoms with E-state index in [9.17, 15) is 9.59 Å². The summed E-state index contributed by atoms with van der Waals surface area (Å²) in [6, 6.07) is 0.0545. The molecule has 0 unspecified atom stereocenters. The van der Waals surface area contributed by atoms with Gasteiger partial charge in [-0.2, -0.15) is 0 Å². The summed E-state index contributed by atoms with van der Waals surface area (Å²) in [5.41, 5.74) is 2.44. The van der Waals surface area contributed by atoms with Crippen molar-refractivity contribution in [2.24, 2.45) is 0 Å². The number of rotatable bonds is 4. The molecule has 1 aromatic rings. The molecule has 1 aliphatic heterocycles. The van der Waals surface area contributed by atoms with E-state index in [1.165, 1.54) is 11.3 Å². The lowest BCUT2D eigenvalue weighted by molar-refractivity contribution is -0.137. The van der Waals surface area contributed by atoms with Crippen LogP contribution >= 0.6 is 11.3 Å². The number of piperidine rings is 1. The molecule has 1 aliphatic rings. The van der Waals surface area contributed by atoms with E-state index in [2.05, 4.69) is 4.98 Å². The first-order valence-corrected chi connectivity index (χ1v) is 7.40. The number of amides is 1. The van der Waals surface area contributed by atoms with E-state index >= 15 is 0 Å². The van der Waals surface area contributed by atoms with E-state index in [0.717, 1.165) is 31.5 Å². The fourth-order valence-electron chi connectivity index (χ4n) is 2.50. The molecule has 1 N–H and O–H groups in total. The summed E-state index contributed by atoms with van der Waals surface area (Å²) in [4.78, 5) is 29.8. The van der Waals surface area contributed by atoms with Gasteiger partial charge in [0.2, 0.25) is 0 Å². The van der Waals surface area contributed by atoms with Crippen molar-refractivity contribution < 1.29 is 14.7 Å². The standard InChI is InChI=1S/C13H18N2O3S/c1-9-12(19-8-14-9)13(18)15-7-3-2-4-10(15)5-6-11(16)17/h8,10H,2-7H2,1H3,(H,16,17)/t10-/m1/s1. The van der Waals surface area contributed by atoms with Crippen LogP contribution in [0.2, 0.25) is 0 Å². The largest absolute Gasteiger partial charge is 0.481 e. The molecule has 0 radical (unpaired) electrons. The molecular formula is C13H18N2O3S. The van der Waals surface area contributed by atoms with Crippen LogP contribution in [0.25, 0.3) is 0 Å². The van der Waals surface area contributed by atoms with Crippen LogP contribution in [0.4, 0.5) is 0 Å². The van der Waals surface area contributed by atoms with Crippen LogP contribution in [0.15, 0.2) is 5.51 Å². The van der Waals surface area contributed by atoms with Crippen LogP contribution < -0.4 is 0 Å². The molecule has 0 bridgehead atoms. The number of aryl methyl sites for hydroxylation is 1. The quantitative estimate of drug-likeness (QED) is 0.920. The molecule has 104 valence electrons. The Morgan fingerprint density at radius 3 is 2.95 bits per heavy atom. The number of aromatic nitrogens is 1. The number of hydrogen-bond acceptors (Lipinski definition) is 4. The van der Waals surface area contributed by atoms with Crippen molar-refractivity contribution in [1.29, 1.82) is 0 Å². The lowest BCUT2D eigenvalue weighted by Crippen LogP contribution is -2.43. The SMILES string of the molecule is Cc1ncsc1C(=O)N1CCCC[C@@H]1CCC(=O)O. The first kappa shape index (κ1) is 14.0. The minimum atomic E-state index is -0.799. The molecule has 19 heavy (non-hydrogen) atoms. The number of carboxylic acid groups (broad SMARTS) is 1. The van der Waals surface area contributed by atoms with Crippen LogP contribution in [0.3, 0.4) is 0 Å². The number of carboxylic acids is 1. The van der Waals surface area contributed by atoms with Crippen molar-refractivity contribution in [1.82, 2.24) is 9.88 Å². The summed E-state index contributed by atoms with van der Waals surface area (Å²) in [5, 5.41) is 8.79. The lowest BCUT2D eigenvalue weighted by Gasteiger charge is -2.35. The van der Waals surface area contributed by atoms with Crippen LogP contribution in [0.5, 0.6) is 0 Å². The second-order valence-electron chi connectivity index (χ2n) is 4.85. The molecule has 0 aliphatic carbocycles. The van der Waals surface area contributed by atoms with Crippen LogP contribution in [-0.2, 0) is 4.79 Å². The first-order chi connectivity index (χ1) is 9.09. The third-order valence-corrected chi connectivity index (χ3v) is 4.44. The number of carbonyl (C=O) groups excluding carboxylic acids is 1. The first-order valence-electron chi connectivity index (χ1n) is 6.52. The zero-order valence-electron chi connectivity index (χ0n) is 11.0. The fraction of sp³-hybridized carbons (Fsp3) is 0.615. The molecular weight excluding hydrogens is 264 g/mol. The number of carbonyl (C=O) groups is 2. The van der Waals surface area contributed by atoms with Gasteiger partial charge in [0, 0.05) is 19.0 Å². The van der Waals surface area contributed by atoms with Crippen molar-refractivity contribution >= 4 is 23.2 Å². The zero-order chi connectivity index (χ0) is 13.8. The minimum absolute atomic E-state index is 0.00934. The summed E-state index contributed by atoms with van der Waals surface area (Å²) < 4.78 is 0. The number of likely N-dealkylation sites (tertiary alicyclic amines) is 1. The zero-order valence-corrected chi connectivity index (χ0v) is 11.8. The molecule has 1 amide bonds. The number of thiazole rings is 1. The molecule has 6 heteroatoms. The predicted octanol–water partition coefficient (Wildman–Crippen LogP) is 2.31. The third kappa shape index (κ3) is 3.32. The van der Waals surface area contributed by atoms with Gasteiger partial charge in [-0.05, 0) is 32.6 Å². The van der Waals surface area contributed by atoms with Gasteiger partial charge in [0.25, 0.3) is 5.91 Å². The normalized spacial score (nSPS) is 19.4. The van der Waals surface area contributed by atoms with Crippen LogP contribution in [-0.4, -0.2) is 39.5 Å². The van der Waals surface area contributed by atoms with Crippen molar-refractivity contribution in [2.75, 3.05) is 6.54 Å². The second kappa shape index (κ2) is 6.14. The predicted molar refractivity (Wildman–Crippen MR) is 72.4 cm³/mol. The smallest absolute Gasteiger partial charge is 0.303 e. The highest BCUT2D eigenvalue weighted by Crippen LogP contribution is 2.25. The highest BCUT2D eigenvalue weighted by atomic mass is 32.1. The molecule has 0 spiro atoms. The Labute approximate surface area is 116 Å². The van der Waals surface area contributed by atoms with Gasteiger partial charge in [-0.3, -0.25) is 9.59 Å². The van der Waals surface area contributed by atoms with Gasteiger partial charge in [0.05, 0.1) is 11.2 Å². The van der Waals surface area contributed by atoms with Gasteiger partial charge < -0.3 is 10.0 Å². The summed E-state index contributed by atoms with van der Waals surface area (Å²) in [7, 11) is 0. The highest BCUT2D eigenvalue weighted by Gasteiger charge is 2.29. The summed E-state index contributed by atoms with van der Waals surface area (Å²) >= 11 is 1.36. The van der Waals surface area contributed by atoms with Crippen LogP contribution in [0, 0.1) is 6.92 Å². The molecule has 1 fully saturated rings. The van der Waals surface area contributed by atoms with Crippen molar-refractivity contribution in [3.8, 4) is 0 Å². The van der Waals surface area contributed by atoms with Crippen molar-refractivity contribution in [3.63, 3.8) is 0 Å². The van der Waals surface area contributed by atoms with Gasteiger partial charge in [-0.25, -0.2) is 4.98 Å². The van der Waals surface area contributed by atoms with E-state index in [0.29, 0.717) is 11.3 Å². The molecule has 1 atom stereocenters. The van der Waals surface area contributed by atoms with Gasteiger partial charge in [0.1, 0.15) is 4.88 Å². The Hall–Kier alpha value is -1.43. The topological polar surface area (TPSA) is 70.5 Å². The second-order valence-corrected chi connectivity index (χ2v) is 5.70. The maximum absolute atomic E-state index is 12.5. The van der Waals surface area contributed by atoms with Gasteiger partial charge in [-0.15, -0.1) is 11.3 Å². The number of aliphatic carboxylic acids is 1. The summed E-state index contributed by atoms with van der Waals surface area (Å²) in [5.74, 6) is -0.790. The summed E-state index contributed by atoms with van der Waals surface area (Å²) in [6.45, 7) is 2.56. The Balaban J connectivity index is 2.08. The molecule has 1 saturated heterocycles. The Morgan fingerprint density at radius 2 is 2.32 bits per heavy atom. The fourth-order valence-corrected chi connectivity index (χ4v) is 3.25. The lowest BCUT2D eigenvalue weighted by atomic mass is 9.97. The monoisotopic (exact) mass is 282 g/mol. The third-order valence-electron chi connectivity index (χ3n) is 3.52. The molecule has 1 aromatic heterocycles. The average molecular weight is 282 g/mol. The molecule has 5 nitrogen and oxygen atoms in total. The van der Waals surface area contributed by atoms with E-state index in [1.54, 1.807) is 5.51 Å². The van der Waals surface area contributed by atoms with E-state index in [4.69, 9.17) is 5.11 Å². The van der Waals surface area contributed by atoms with E-state index in [-0.39, 0.29) is 18.4 Å². The summed E-state index contributed by atoms with van der Waals surface area (Å²) in [6.07, 6.45) is 3.62. The molecule has 0 aromatic carbocycles. The maximum Gasteiger partial charge on any atom is 0.303 e. The maximum atomic E-state index is 12.5. The van der Waals surface area contributed by atoms with Gasteiger partial charge in [-0.1, -0.05) is 0 Å². The Morgan fingerprint density at radius 1 is 1.53 bits per heavy atom. The van der Waals surface area contributed by atoms with Gasteiger partial charge >= 0.3 is 5.97 Å². The highest BCUT2D eigenvalue weighted by molar-refractivity contribution is 7.11. The van der Waals surface area contributed by atoms with E-state index in [1.807, 2.05) is 11.8 Å². The Bertz CT molecular complexity index is 472. The average Bonchev–Trinajstić information content (AvgIpc) is 2.82. The molecule has 2 rings (SSSR count). The number of hydrogen-bond donors (Lipinski definition) is 1. The Kier molecular flexibility index (Phi) is 4.52.